The number of amides is 1. The van der Waals surface area contributed by atoms with Gasteiger partial charge in [0.2, 0.25) is 0 Å². The summed E-state index contributed by atoms with van der Waals surface area (Å²) >= 11 is 6.87. The number of carbonyl (C=O) groups excluding carboxylic acids is 1. The number of nitrogens with two attached hydrogens (primary N) is 1. The van der Waals surface area contributed by atoms with Crippen LogP contribution < -0.4 is 20.8 Å². The molecule has 1 aromatic heterocycles. The van der Waals surface area contributed by atoms with Gasteiger partial charge in [-0.2, -0.15) is 9.78 Å². The summed E-state index contributed by atoms with van der Waals surface area (Å²) in [5.74, 6) is 0.749. The van der Waals surface area contributed by atoms with E-state index in [0.29, 0.717) is 44.7 Å². The van der Waals surface area contributed by atoms with Crippen molar-refractivity contribution in [2.24, 2.45) is 10.8 Å². The number of ether oxygens (including phenoxy) is 2. The van der Waals surface area contributed by atoms with Crippen molar-refractivity contribution in [3.63, 3.8) is 0 Å². The van der Waals surface area contributed by atoms with Gasteiger partial charge in [0.25, 0.3) is 11.5 Å². The molecule has 0 radical (unpaired) electrons. The van der Waals surface area contributed by atoms with Gasteiger partial charge in [-0.05, 0) is 52.7 Å². The summed E-state index contributed by atoms with van der Waals surface area (Å²) in [4.78, 5) is 28.9. The highest BCUT2D eigenvalue weighted by molar-refractivity contribution is 9.10. The largest absolute Gasteiger partial charge is 0.493 e. The molecule has 1 heterocycles. The predicted octanol–water partition coefficient (Wildman–Crippen LogP) is 4.02. The number of halogens is 2. The molecule has 0 aliphatic heterocycles. The molecule has 3 aromatic rings. The van der Waals surface area contributed by atoms with Gasteiger partial charge in [-0.25, -0.2) is 4.98 Å². The lowest BCUT2D eigenvalue weighted by molar-refractivity contribution is -0.119. The van der Waals surface area contributed by atoms with E-state index in [-0.39, 0.29) is 12.2 Å². The van der Waals surface area contributed by atoms with Gasteiger partial charge in [0.1, 0.15) is 5.82 Å². The zero-order valence-electron chi connectivity index (χ0n) is 17.6. The summed E-state index contributed by atoms with van der Waals surface area (Å²) in [6, 6.07) is 8.75. The Hall–Kier alpha value is -2.72. The molecular formula is C22H22Br2N4O4. The standard InChI is InChI=1S/C22H22Br2N4O4/c1-3-4-5-21-27-17-7-6-14(23)9-15(17)22(30)28(21)26-11-13-8-18(31-2)19(10-16(13)24)32-12-20(25)29/h6-11H,3-5,12H2,1-2H3,(H2,25,29). The molecule has 0 fully saturated rings. The van der Waals surface area contributed by atoms with Crippen LogP contribution in [0.2, 0.25) is 0 Å². The molecular weight excluding hydrogens is 544 g/mol. The number of benzene rings is 2. The highest BCUT2D eigenvalue weighted by Gasteiger charge is 2.13. The smallest absolute Gasteiger partial charge is 0.282 e. The van der Waals surface area contributed by atoms with Gasteiger partial charge in [-0.1, -0.05) is 29.3 Å². The normalized spacial score (nSPS) is 11.2. The Balaban J connectivity index is 2.06. The molecule has 0 saturated heterocycles. The Bertz CT molecular complexity index is 1240. The van der Waals surface area contributed by atoms with Crippen LogP contribution in [0, 0.1) is 0 Å². The minimum Gasteiger partial charge on any atom is -0.493 e. The minimum atomic E-state index is -0.594. The Morgan fingerprint density at radius 3 is 2.72 bits per heavy atom. The lowest BCUT2D eigenvalue weighted by atomic mass is 10.2. The number of carbonyl (C=O) groups is 1. The second kappa shape index (κ2) is 10.7. The fraction of sp³-hybridized carbons (Fsp3) is 0.273. The second-order valence-electron chi connectivity index (χ2n) is 6.93. The van der Waals surface area contributed by atoms with Crippen molar-refractivity contribution < 1.29 is 14.3 Å². The molecule has 0 bridgehead atoms. The fourth-order valence-electron chi connectivity index (χ4n) is 3.00. The fourth-order valence-corrected chi connectivity index (χ4v) is 3.79. The quantitative estimate of drug-likeness (QED) is 0.394. The van der Waals surface area contributed by atoms with Crippen LogP contribution in [-0.4, -0.2) is 35.5 Å². The van der Waals surface area contributed by atoms with E-state index < -0.39 is 5.91 Å². The van der Waals surface area contributed by atoms with E-state index in [0.717, 1.165) is 17.3 Å². The molecule has 0 atom stereocenters. The lowest BCUT2D eigenvalue weighted by Gasteiger charge is -2.12. The first-order chi connectivity index (χ1) is 15.3. The zero-order chi connectivity index (χ0) is 23.3. The van der Waals surface area contributed by atoms with E-state index >= 15 is 0 Å². The van der Waals surface area contributed by atoms with Crippen LogP contribution in [0.4, 0.5) is 0 Å². The molecule has 0 saturated carbocycles. The van der Waals surface area contributed by atoms with E-state index in [1.54, 1.807) is 24.4 Å². The summed E-state index contributed by atoms with van der Waals surface area (Å²) in [6.07, 6.45) is 4.02. The Kier molecular flexibility index (Phi) is 8.03. The third kappa shape index (κ3) is 5.55. The third-order valence-electron chi connectivity index (χ3n) is 4.59. The van der Waals surface area contributed by atoms with E-state index in [9.17, 15) is 9.59 Å². The van der Waals surface area contributed by atoms with Crippen molar-refractivity contribution in [2.75, 3.05) is 13.7 Å². The monoisotopic (exact) mass is 564 g/mol. The first kappa shape index (κ1) is 23.9. The molecule has 0 aliphatic carbocycles. The van der Waals surface area contributed by atoms with E-state index in [4.69, 9.17) is 15.2 Å². The van der Waals surface area contributed by atoms with Crippen molar-refractivity contribution in [3.8, 4) is 11.5 Å². The SMILES string of the molecule is CCCCc1nc2ccc(Br)cc2c(=O)n1N=Cc1cc(OC)c(OCC(N)=O)cc1Br. The topological polar surface area (TPSA) is 109 Å². The average Bonchev–Trinajstić information content (AvgIpc) is 2.77. The summed E-state index contributed by atoms with van der Waals surface area (Å²) in [5.41, 5.74) is 6.18. The molecule has 0 spiro atoms. The molecule has 2 N–H and O–H groups in total. The maximum Gasteiger partial charge on any atom is 0.282 e. The second-order valence-corrected chi connectivity index (χ2v) is 8.70. The number of rotatable bonds is 9. The lowest BCUT2D eigenvalue weighted by Crippen LogP contribution is -2.22. The van der Waals surface area contributed by atoms with Gasteiger partial charge in [0.15, 0.2) is 18.1 Å². The molecule has 10 heteroatoms. The molecule has 2 aromatic carbocycles. The highest BCUT2D eigenvalue weighted by atomic mass is 79.9. The van der Waals surface area contributed by atoms with Crippen LogP contribution in [-0.2, 0) is 11.2 Å². The number of hydrogen-bond acceptors (Lipinski definition) is 6. The van der Waals surface area contributed by atoms with Crippen molar-refractivity contribution in [1.29, 1.82) is 0 Å². The summed E-state index contributed by atoms with van der Waals surface area (Å²) in [5, 5.41) is 4.93. The molecule has 168 valence electrons. The number of nitrogens with zero attached hydrogens (tertiary/aromatic N) is 3. The van der Waals surface area contributed by atoms with Crippen LogP contribution in [0.25, 0.3) is 10.9 Å². The van der Waals surface area contributed by atoms with Gasteiger partial charge in [0, 0.05) is 20.9 Å². The maximum absolute atomic E-state index is 13.2. The van der Waals surface area contributed by atoms with Gasteiger partial charge in [-0.15, -0.1) is 0 Å². The molecule has 1 amide bonds. The van der Waals surface area contributed by atoms with Gasteiger partial charge in [-0.3, -0.25) is 9.59 Å². The minimum absolute atomic E-state index is 0.247. The summed E-state index contributed by atoms with van der Waals surface area (Å²) in [6.45, 7) is 1.81. The van der Waals surface area contributed by atoms with E-state index in [1.165, 1.54) is 11.8 Å². The molecule has 0 unspecified atom stereocenters. The van der Waals surface area contributed by atoms with Crippen LogP contribution >= 0.6 is 31.9 Å². The number of methoxy groups -OCH3 is 1. The van der Waals surface area contributed by atoms with Crippen LogP contribution in [0.1, 0.15) is 31.2 Å². The maximum atomic E-state index is 13.2. The van der Waals surface area contributed by atoms with E-state index in [2.05, 4.69) is 48.9 Å². The Morgan fingerprint density at radius 2 is 2.03 bits per heavy atom. The van der Waals surface area contributed by atoms with Gasteiger partial charge >= 0.3 is 0 Å². The summed E-state index contributed by atoms with van der Waals surface area (Å²) < 4.78 is 13.5. The summed E-state index contributed by atoms with van der Waals surface area (Å²) in [7, 11) is 1.49. The molecule has 8 nitrogen and oxygen atoms in total. The molecule has 32 heavy (non-hydrogen) atoms. The first-order valence-corrected chi connectivity index (χ1v) is 11.5. The number of fused-ring (bicyclic) bond motifs is 1. The average molecular weight is 566 g/mol. The number of aromatic nitrogens is 2. The Morgan fingerprint density at radius 1 is 1.25 bits per heavy atom. The molecule has 3 rings (SSSR count). The number of aryl methyl sites for hydroxylation is 1. The van der Waals surface area contributed by atoms with E-state index in [1.807, 2.05) is 12.1 Å². The highest BCUT2D eigenvalue weighted by Crippen LogP contribution is 2.33. The van der Waals surface area contributed by atoms with Crippen molar-refractivity contribution >= 4 is 54.9 Å². The number of unbranched alkanes of at least 4 members (excludes halogenated alkanes) is 1. The van der Waals surface area contributed by atoms with Crippen LogP contribution in [0.15, 0.2) is 49.2 Å². The number of hydrogen-bond donors (Lipinski definition) is 1. The predicted molar refractivity (Wildman–Crippen MR) is 131 cm³/mol. The van der Waals surface area contributed by atoms with Crippen molar-refractivity contribution in [1.82, 2.24) is 9.66 Å². The van der Waals surface area contributed by atoms with Crippen LogP contribution in [0.3, 0.4) is 0 Å². The zero-order valence-corrected chi connectivity index (χ0v) is 20.8. The first-order valence-electron chi connectivity index (χ1n) is 9.88. The van der Waals surface area contributed by atoms with Crippen molar-refractivity contribution in [2.45, 2.75) is 26.2 Å². The van der Waals surface area contributed by atoms with Gasteiger partial charge < -0.3 is 15.2 Å². The van der Waals surface area contributed by atoms with Crippen molar-refractivity contribution in [3.05, 3.63) is 61.0 Å². The van der Waals surface area contributed by atoms with Crippen LogP contribution in [0.5, 0.6) is 11.5 Å². The number of primary amides is 1. The third-order valence-corrected chi connectivity index (χ3v) is 5.77. The Labute approximate surface area is 201 Å². The van der Waals surface area contributed by atoms with Gasteiger partial charge in [0.05, 0.1) is 24.2 Å². The molecule has 0 aliphatic rings.